The zero-order chi connectivity index (χ0) is 25.9. The van der Waals surface area contributed by atoms with Crippen LogP contribution in [0.3, 0.4) is 0 Å². The molecule has 1 amide bonds. The van der Waals surface area contributed by atoms with E-state index in [1.54, 1.807) is 22.0 Å². The second kappa shape index (κ2) is 10.4. The van der Waals surface area contributed by atoms with Crippen LogP contribution in [0.5, 0.6) is 5.88 Å². The molecule has 2 aliphatic rings. The van der Waals surface area contributed by atoms with E-state index in [1.165, 1.54) is 12.5 Å². The van der Waals surface area contributed by atoms with Crippen molar-refractivity contribution >= 4 is 11.6 Å². The van der Waals surface area contributed by atoms with E-state index in [1.807, 2.05) is 11.9 Å². The number of likely N-dealkylation sites (tertiary alicyclic amines) is 1. The first-order chi connectivity index (χ1) is 17.2. The van der Waals surface area contributed by atoms with Gasteiger partial charge in [0, 0.05) is 39.3 Å². The number of halogens is 3. The van der Waals surface area contributed by atoms with Gasteiger partial charge in [-0.15, -0.1) is 0 Å². The molecule has 36 heavy (non-hydrogen) atoms. The summed E-state index contributed by atoms with van der Waals surface area (Å²) in [7, 11) is 2.96. The lowest BCUT2D eigenvalue weighted by atomic mass is 10.1. The average molecular weight is 506 g/mol. The molecule has 0 atom stereocenters. The first kappa shape index (κ1) is 25.2. The summed E-state index contributed by atoms with van der Waals surface area (Å²) in [6.07, 6.45) is 4.20. The summed E-state index contributed by atoms with van der Waals surface area (Å²) >= 11 is 0. The Labute approximate surface area is 204 Å². The molecule has 0 aliphatic carbocycles. The molecule has 3 aromatic rings. The SMILES string of the molecule is COc1ncc(N2CCc3nc[nH]c(=O)c3C2)cc1C(F)(F)F.Cn1cc(C(=O)N2CCCC2)cn1. The van der Waals surface area contributed by atoms with Crippen LogP contribution in [0, 0.1) is 0 Å². The molecule has 1 fully saturated rings. The van der Waals surface area contributed by atoms with E-state index in [0.29, 0.717) is 29.8 Å². The standard InChI is InChI=1S/C14H13F3N4O2.C9H13N3O/c1-23-13-10(14(15,16)17)4-8(5-18-13)21-3-2-11-9(6-21)12(22)20-7-19-11;1-11-7-8(6-10-11)9(13)12-4-2-3-5-12/h4-5,7H,2-3,6H2,1H3,(H,19,20,22);6-7H,2-5H2,1H3. The van der Waals surface area contributed by atoms with Gasteiger partial charge in [-0.3, -0.25) is 14.3 Å². The number of anilines is 1. The summed E-state index contributed by atoms with van der Waals surface area (Å²) in [6.45, 7) is 2.43. The molecule has 13 heteroatoms. The van der Waals surface area contributed by atoms with E-state index in [4.69, 9.17) is 0 Å². The Morgan fingerprint density at radius 1 is 1.14 bits per heavy atom. The van der Waals surface area contributed by atoms with E-state index in [0.717, 1.165) is 39.1 Å². The van der Waals surface area contributed by atoms with Gasteiger partial charge in [-0.2, -0.15) is 18.3 Å². The monoisotopic (exact) mass is 505 g/mol. The molecule has 1 saturated heterocycles. The van der Waals surface area contributed by atoms with Gasteiger partial charge in [0.25, 0.3) is 11.5 Å². The van der Waals surface area contributed by atoms with Gasteiger partial charge in [0.2, 0.25) is 5.88 Å². The number of hydrogen-bond acceptors (Lipinski definition) is 7. The zero-order valence-electron chi connectivity index (χ0n) is 19.9. The fraction of sp³-hybridized carbons (Fsp3) is 0.435. The minimum atomic E-state index is -4.57. The van der Waals surface area contributed by atoms with Crippen LogP contribution in [-0.4, -0.2) is 62.3 Å². The van der Waals surface area contributed by atoms with E-state index in [2.05, 4.69) is 24.8 Å². The fourth-order valence-corrected chi connectivity index (χ4v) is 4.19. The minimum absolute atomic E-state index is 0.116. The summed E-state index contributed by atoms with van der Waals surface area (Å²) in [5.74, 6) is -0.358. The number of ether oxygens (including phenoxy) is 1. The Bertz CT molecular complexity index is 1280. The van der Waals surface area contributed by atoms with Crippen LogP contribution in [0.15, 0.2) is 35.8 Å². The summed E-state index contributed by atoms with van der Waals surface area (Å²) in [4.78, 5) is 37.4. The number of hydrogen-bond donors (Lipinski definition) is 1. The number of aromatic amines is 1. The summed E-state index contributed by atoms with van der Waals surface area (Å²) in [5.41, 5.74) is 0.891. The molecule has 0 radical (unpaired) electrons. The van der Waals surface area contributed by atoms with Crippen LogP contribution in [0.4, 0.5) is 18.9 Å². The lowest BCUT2D eigenvalue weighted by Crippen LogP contribution is -2.35. The van der Waals surface area contributed by atoms with Crippen molar-refractivity contribution < 1.29 is 22.7 Å². The van der Waals surface area contributed by atoms with Crippen molar-refractivity contribution in [2.45, 2.75) is 32.0 Å². The van der Waals surface area contributed by atoms with E-state index in [-0.39, 0.29) is 23.7 Å². The van der Waals surface area contributed by atoms with Crippen LogP contribution in [0.2, 0.25) is 0 Å². The van der Waals surface area contributed by atoms with Crippen molar-refractivity contribution in [2.75, 3.05) is 31.6 Å². The van der Waals surface area contributed by atoms with Crippen molar-refractivity contribution in [3.05, 3.63) is 63.7 Å². The Morgan fingerprint density at radius 2 is 1.89 bits per heavy atom. The van der Waals surface area contributed by atoms with Gasteiger partial charge in [-0.25, -0.2) is 9.97 Å². The maximum absolute atomic E-state index is 13.1. The molecule has 2 aliphatic heterocycles. The quantitative estimate of drug-likeness (QED) is 0.582. The maximum Gasteiger partial charge on any atom is 0.421 e. The highest BCUT2D eigenvalue weighted by Crippen LogP contribution is 2.37. The number of amides is 1. The van der Waals surface area contributed by atoms with Crippen molar-refractivity contribution in [2.24, 2.45) is 7.05 Å². The van der Waals surface area contributed by atoms with Gasteiger partial charge in [-0.1, -0.05) is 0 Å². The van der Waals surface area contributed by atoms with Crippen LogP contribution in [0.1, 0.15) is 40.0 Å². The summed E-state index contributed by atoms with van der Waals surface area (Å²) in [5, 5.41) is 3.98. The molecular formula is C23H26F3N7O3. The lowest BCUT2D eigenvalue weighted by Gasteiger charge is -2.29. The van der Waals surface area contributed by atoms with Gasteiger partial charge in [0.05, 0.1) is 54.9 Å². The first-order valence-corrected chi connectivity index (χ1v) is 11.4. The Balaban J connectivity index is 0.000000197. The molecule has 0 unspecified atom stereocenters. The van der Waals surface area contributed by atoms with Crippen LogP contribution in [0.25, 0.3) is 0 Å². The normalized spacial score (nSPS) is 15.2. The third-order valence-corrected chi connectivity index (χ3v) is 6.05. The molecule has 5 rings (SSSR count). The topological polar surface area (TPSA) is 109 Å². The third-order valence-electron chi connectivity index (χ3n) is 6.05. The maximum atomic E-state index is 13.1. The molecule has 0 spiro atoms. The van der Waals surface area contributed by atoms with Crippen LogP contribution < -0.4 is 15.2 Å². The molecule has 3 aromatic heterocycles. The molecule has 0 aromatic carbocycles. The minimum Gasteiger partial charge on any atom is -0.481 e. The van der Waals surface area contributed by atoms with Crippen LogP contribution in [-0.2, 0) is 26.2 Å². The van der Waals surface area contributed by atoms with Gasteiger partial charge < -0.3 is 19.5 Å². The number of carbonyl (C=O) groups excluding carboxylic acids is 1. The number of nitrogens with one attached hydrogen (secondary N) is 1. The molecule has 5 heterocycles. The Kier molecular flexibility index (Phi) is 7.27. The molecule has 0 bridgehead atoms. The number of rotatable bonds is 3. The number of fused-ring (bicyclic) bond motifs is 1. The van der Waals surface area contributed by atoms with Gasteiger partial charge in [0.15, 0.2) is 0 Å². The highest BCUT2D eigenvalue weighted by atomic mass is 19.4. The number of aromatic nitrogens is 5. The number of aryl methyl sites for hydroxylation is 1. The first-order valence-electron chi connectivity index (χ1n) is 11.4. The largest absolute Gasteiger partial charge is 0.481 e. The Hall–Kier alpha value is -3.90. The van der Waals surface area contributed by atoms with E-state index >= 15 is 0 Å². The van der Waals surface area contributed by atoms with Crippen molar-refractivity contribution in [3.63, 3.8) is 0 Å². The number of carbonyl (C=O) groups is 1. The van der Waals surface area contributed by atoms with E-state index < -0.39 is 17.6 Å². The predicted molar refractivity (Wildman–Crippen MR) is 124 cm³/mol. The molecule has 192 valence electrons. The number of H-pyrrole nitrogens is 1. The second-order valence-electron chi connectivity index (χ2n) is 8.48. The van der Waals surface area contributed by atoms with Crippen molar-refractivity contribution in [1.29, 1.82) is 0 Å². The molecule has 1 N–H and O–H groups in total. The smallest absolute Gasteiger partial charge is 0.421 e. The predicted octanol–water partition coefficient (Wildman–Crippen LogP) is 2.41. The second-order valence-corrected chi connectivity index (χ2v) is 8.48. The molecule has 10 nitrogen and oxygen atoms in total. The van der Waals surface area contributed by atoms with Crippen molar-refractivity contribution in [3.8, 4) is 5.88 Å². The van der Waals surface area contributed by atoms with Gasteiger partial charge in [-0.05, 0) is 18.9 Å². The summed E-state index contributed by atoms with van der Waals surface area (Å²) in [6, 6.07) is 0.987. The highest BCUT2D eigenvalue weighted by molar-refractivity contribution is 5.93. The molecular weight excluding hydrogens is 479 g/mol. The number of alkyl halides is 3. The van der Waals surface area contributed by atoms with E-state index in [9.17, 15) is 22.8 Å². The van der Waals surface area contributed by atoms with Crippen LogP contribution >= 0.6 is 0 Å². The fourth-order valence-electron chi connectivity index (χ4n) is 4.19. The number of nitrogens with zero attached hydrogens (tertiary/aromatic N) is 6. The Morgan fingerprint density at radius 3 is 2.53 bits per heavy atom. The summed E-state index contributed by atoms with van der Waals surface area (Å²) < 4.78 is 45.6. The zero-order valence-corrected chi connectivity index (χ0v) is 19.9. The third kappa shape index (κ3) is 5.50. The van der Waals surface area contributed by atoms with Gasteiger partial charge >= 0.3 is 6.18 Å². The average Bonchev–Trinajstić information content (AvgIpc) is 3.55. The highest BCUT2D eigenvalue weighted by Gasteiger charge is 2.36. The lowest BCUT2D eigenvalue weighted by molar-refractivity contribution is -0.139. The van der Waals surface area contributed by atoms with Gasteiger partial charge in [0.1, 0.15) is 5.56 Å². The number of methoxy groups -OCH3 is 1. The molecule has 0 saturated carbocycles. The van der Waals surface area contributed by atoms with Crippen molar-refractivity contribution in [1.82, 2.24) is 29.6 Å². The number of pyridine rings is 1.